The summed E-state index contributed by atoms with van der Waals surface area (Å²) in [5.41, 5.74) is 1.51. The molecule has 1 atom stereocenters. The van der Waals surface area contributed by atoms with Gasteiger partial charge in [-0.3, -0.25) is 14.5 Å². The van der Waals surface area contributed by atoms with Crippen LogP contribution >= 0.6 is 27.7 Å². The lowest BCUT2D eigenvalue weighted by molar-refractivity contribution is -0.117. The number of nitrogens with zero attached hydrogens (tertiary/aromatic N) is 2. The van der Waals surface area contributed by atoms with Crippen molar-refractivity contribution in [2.24, 2.45) is 0 Å². The molecule has 4 rings (SSSR count). The van der Waals surface area contributed by atoms with E-state index in [-0.39, 0.29) is 18.0 Å². The van der Waals surface area contributed by atoms with Crippen molar-refractivity contribution in [3.05, 3.63) is 99.4 Å². The van der Waals surface area contributed by atoms with Crippen LogP contribution in [0.3, 0.4) is 0 Å². The van der Waals surface area contributed by atoms with E-state index in [1.807, 2.05) is 48.5 Å². The maximum absolute atomic E-state index is 13.4. The van der Waals surface area contributed by atoms with E-state index in [9.17, 15) is 14.9 Å². The molecule has 0 radical (unpaired) electrons. The number of hydrogen-bond donors (Lipinski definition) is 1. The minimum Gasteiger partial charge on any atom is -0.467 e. The van der Waals surface area contributed by atoms with E-state index in [0.29, 0.717) is 22.9 Å². The summed E-state index contributed by atoms with van der Waals surface area (Å²) in [4.78, 5) is 27.7. The minimum absolute atomic E-state index is 0.103. The number of anilines is 1. The Labute approximate surface area is 198 Å². The molecule has 2 aromatic carbocycles. The SMILES string of the molecule is N#CC(C(=O)NCc1ccco1)=C1SC(Cc2ccccc2)C(=O)N1c1ccc(Br)cc1. The third kappa shape index (κ3) is 4.79. The normalized spacial score (nSPS) is 17.2. The van der Waals surface area contributed by atoms with Crippen molar-refractivity contribution in [3.8, 4) is 6.07 Å². The number of furan rings is 1. The number of thioether (sulfide) groups is 1. The molecular weight excluding hydrogens is 490 g/mol. The average molecular weight is 508 g/mol. The Morgan fingerprint density at radius 1 is 1.12 bits per heavy atom. The fourth-order valence-corrected chi connectivity index (χ4v) is 4.88. The van der Waals surface area contributed by atoms with Gasteiger partial charge in [0.25, 0.3) is 5.91 Å². The number of halogens is 1. The molecule has 1 aromatic heterocycles. The molecule has 2 amide bonds. The van der Waals surface area contributed by atoms with Crippen LogP contribution in [0.1, 0.15) is 11.3 Å². The van der Waals surface area contributed by atoms with E-state index < -0.39 is 11.2 Å². The summed E-state index contributed by atoms with van der Waals surface area (Å²) in [6.45, 7) is 0.147. The van der Waals surface area contributed by atoms with Gasteiger partial charge < -0.3 is 9.73 Å². The van der Waals surface area contributed by atoms with Crippen molar-refractivity contribution in [3.63, 3.8) is 0 Å². The molecule has 1 unspecified atom stereocenters. The molecule has 3 aromatic rings. The van der Waals surface area contributed by atoms with Crippen LogP contribution in [-0.2, 0) is 22.6 Å². The first-order chi connectivity index (χ1) is 15.6. The van der Waals surface area contributed by atoms with E-state index in [1.54, 1.807) is 24.3 Å². The topological polar surface area (TPSA) is 86.3 Å². The fourth-order valence-electron chi connectivity index (χ4n) is 3.31. The zero-order chi connectivity index (χ0) is 22.5. The molecule has 6 nitrogen and oxygen atoms in total. The number of rotatable bonds is 6. The van der Waals surface area contributed by atoms with Crippen LogP contribution in [0, 0.1) is 11.3 Å². The molecular formula is C24H18BrN3O3S. The summed E-state index contributed by atoms with van der Waals surface area (Å²) >= 11 is 4.64. The molecule has 32 heavy (non-hydrogen) atoms. The second-order valence-corrected chi connectivity index (χ2v) is 9.11. The van der Waals surface area contributed by atoms with Crippen LogP contribution in [0.5, 0.6) is 0 Å². The van der Waals surface area contributed by atoms with E-state index in [0.717, 1.165) is 10.0 Å². The number of nitrogens with one attached hydrogen (secondary N) is 1. The van der Waals surface area contributed by atoms with Gasteiger partial charge >= 0.3 is 0 Å². The first-order valence-corrected chi connectivity index (χ1v) is 11.5. The van der Waals surface area contributed by atoms with E-state index >= 15 is 0 Å². The zero-order valence-electron chi connectivity index (χ0n) is 16.8. The summed E-state index contributed by atoms with van der Waals surface area (Å²) in [5.74, 6) is -0.146. The monoisotopic (exact) mass is 507 g/mol. The Morgan fingerprint density at radius 3 is 2.53 bits per heavy atom. The lowest BCUT2D eigenvalue weighted by Crippen LogP contribution is -2.32. The summed E-state index contributed by atoms with van der Waals surface area (Å²) in [6, 6.07) is 22.3. The summed E-state index contributed by atoms with van der Waals surface area (Å²) in [6.07, 6.45) is 2.01. The van der Waals surface area contributed by atoms with Crippen molar-refractivity contribution < 1.29 is 14.0 Å². The highest BCUT2D eigenvalue weighted by Gasteiger charge is 2.40. The third-order valence-corrected chi connectivity index (χ3v) is 6.65. The van der Waals surface area contributed by atoms with Crippen molar-refractivity contribution in [2.45, 2.75) is 18.2 Å². The van der Waals surface area contributed by atoms with Gasteiger partial charge in [0.2, 0.25) is 5.91 Å². The van der Waals surface area contributed by atoms with Gasteiger partial charge in [-0.25, -0.2) is 0 Å². The Morgan fingerprint density at radius 2 is 1.88 bits per heavy atom. The maximum atomic E-state index is 13.4. The van der Waals surface area contributed by atoms with E-state index in [4.69, 9.17) is 4.42 Å². The highest BCUT2D eigenvalue weighted by Crippen LogP contribution is 2.42. The molecule has 0 bridgehead atoms. The van der Waals surface area contributed by atoms with Gasteiger partial charge in [-0.15, -0.1) is 0 Å². The van der Waals surface area contributed by atoms with E-state index in [2.05, 4.69) is 21.2 Å². The summed E-state index contributed by atoms with van der Waals surface area (Å²) < 4.78 is 6.10. The summed E-state index contributed by atoms with van der Waals surface area (Å²) in [7, 11) is 0. The van der Waals surface area contributed by atoms with Crippen LogP contribution in [0.4, 0.5) is 5.69 Å². The Kier molecular flexibility index (Phi) is 6.78. The number of nitriles is 1. The molecule has 0 saturated carbocycles. The predicted molar refractivity (Wildman–Crippen MR) is 126 cm³/mol. The number of benzene rings is 2. The second-order valence-electron chi connectivity index (χ2n) is 7.00. The maximum Gasteiger partial charge on any atom is 0.265 e. The molecule has 1 fully saturated rings. The third-order valence-electron chi connectivity index (χ3n) is 4.86. The fraction of sp³-hybridized carbons (Fsp3) is 0.125. The van der Waals surface area contributed by atoms with Gasteiger partial charge in [0.05, 0.1) is 18.1 Å². The number of hydrogen-bond acceptors (Lipinski definition) is 5. The zero-order valence-corrected chi connectivity index (χ0v) is 19.2. The Bertz CT molecular complexity index is 1190. The van der Waals surface area contributed by atoms with Crippen molar-refractivity contribution in [1.29, 1.82) is 5.26 Å². The van der Waals surface area contributed by atoms with Crippen LogP contribution < -0.4 is 10.2 Å². The first-order valence-electron chi connectivity index (χ1n) is 9.82. The van der Waals surface area contributed by atoms with Gasteiger partial charge in [0.1, 0.15) is 22.4 Å². The second kappa shape index (κ2) is 9.90. The van der Waals surface area contributed by atoms with Gasteiger partial charge in [0, 0.05) is 10.2 Å². The van der Waals surface area contributed by atoms with Crippen molar-refractivity contribution in [2.75, 3.05) is 4.90 Å². The van der Waals surface area contributed by atoms with Gasteiger partial charge in [-0.1, -0.05) is 58.0 Å². The van der Waals surface area contributed by atoms with Crippen LogP contribution in [-0.4, -0.2) is 17.1 Å². The molecule has 1 N–H and O–H groups in total. The largest absolute Gasteiger partial charge is 0.467 e. The molecule has 0 aliphatic carbocycles. The van der Waals surface area contributed by atoms with Crippen LogP contribution in [0.2, 0.25) is 0 Å². The molecule has 160 valence electrons. The smallest absolute Gasteiger partial charge is 0.265 e. The van der Waals surface area contributed by atoms with Crippen LogP contribution in [0.15, 0.2) is 92.5 Å². The lowest BCUT2D eigenvalue weighted by Gasteiger charge is -2.18. The highest BCUT2D eigenvalue weighted by atomic mass is 79.9. The van der Waals surface area contributed by atoms with E-state index in [1.165, 1.54) is 22.9 Å². The number of amides is 2. The molecule has 1 aliphatic heterocycles. The molecule has 8 heteroatoms. The lowest BCUT2D eigenvalue weighted by atomic mass is 10.1. The number of carbonyl (C=O) groups excluding carboxylic acids is 2. The molecule has 1 aliphatic rings. The number of carbonyl (C=O) groups is 2. The van der Waals surface area contributed by atoms with Crippen LogP contribution in [0.25, 0.3) is 0 Å². The van der Waals surface area contributed by atoms with Crippen molar-refractivity contribution >= 4 is 45.2 Å². The first kappa shape index (κ1) is 21.9. The van der Waals surface area contributed by atoms with Gasteiger partial charge in [-0.05, 0) is 48.4 Å². The van der Waals surface area contributed by atoms with Gasteiger partial charge in [-0.2, -0.15) is 5.26 Å². The average Bonchev–Trinajstić information content (AvgIpc) is 3.43. The molecule has 2 heterocycles. The summed E-state index contributed by atoms with van der Waals surface area (Å²) in [5, 5.41) is 12.4. The minimum atomic E-state index is -0.554. The standard InChI is InChI=1S/C24H18BrN3O3S/c25-17-8-10-18(11-9-17)28-23(30)21(13-16-5-2-1-3-6-16)32-24(28)20(14-26)22(29)27-15-19-7-4-12-31-19/h1-12,21H,13,15H2,(H,27,29). The quantitative estimate of drug-likeness (QED) is 0.383. The predicted octanol–water partition coefficient (Wildman–Crippen LogP) is 4.78. The highest BCUT2D eigenvalue weighted by molar-refractivity contribution is 9.10. The van der Waals surface area contributed by atoms with Gasteiger partial charge in [0.15, 0.2) is 0 Å². The van der Waals surface area contributed by atoms with Crippen molar-refractivity contribution in [1.82, 2.24) is 5.32 Å². The Hall–Kier alpha value is -3.28. The Balaban J connectivity index is 1.67. The molecule has 1 saturated heterocycles. The molecule has 0 spiro atoms.